The molecule has 0 spiro atoms. The summed E-state index contributed by atoms with van der Waals surface area (Å²) in [6, 6.07) is 9.27. The van der Waals surface area contributed by atoms with Crippen LogP contribution in [0.2, 0.25) is 0 Å². The van der Waals surface area contributed by atoms with Gasteiger partial charge in [-0.1, -0.05) is 18.2 Å². The molecule has 0 fully saturated rings. The largest absolute Gasteiger partial charge is 0.493 e. The van der Waals surface area contributed by atoms with Crippen molar-refractivity contribution in [1.82, 2.24) is 9.78 Å². The van der Waals surface area contributed by atoms with Crippen molar-refractivity contribution in [2.75, 3.05) is 0 Å². The molecule has 1 heterocycles. The highest BCUT2D eigenvalue weighted by Crippen LogP contribution is 2.25. The van der Waals surface area contributed by atoms with Crippen LogP contribution in [0.5, 0.6) is 5.88 Å². The Morgan fingerprint density at radius 1 is 1.39 bits per heavy atom. The minimum atomic E-state index is -0.388. The molecule has 1 N–H and O–H groups in total. The first-order chi connectivity index (χ1) is 8.59. The predicted molar refractivity (Wildman–Crippen MR) is 65.4 cm³/mol. The van der Waals surface area contributed by atoms with Gasteiger partial charge in [0.25, 0.3) is 0 Å². The summed E-state index contributed by atoms with van der Waals surface area (Å²) in [6.45, 7) is 3.12. The Kier molecular flexibility index (Phi) is 3.32. The van der Waals surface area contributed by atoms with Gasteiger partial charge in [-0.25, -0.2) is 4.68 Å². The molecule has 0 bridgehead atoms. The molecular weight excluding hydrogens is 232 g/mol. The van der Waals surface area contributed by atoms with Crippen LogP contribution in [0.3, 0.4) is 0 Å². The van der Waals surface area contributed by atoms with Gasteiger partial charge < -0.3 is 9.84 Å². The zero-order valence-electron chi connectivity index (χ0n) is 10.3. The van der Waals surface area contributed by atoms with Gasteiger partial charge in [-0.05, 0) is 19.1 Å². The average molecular weight is 246 g/mol. The second kappa shape index (κ2) is 4.91. The molecule has 0 aliphatic heterocycles. The van der Waals surface area contributed by atoms with Gasteiger partial charge in [0.1, 0.15) is 6.61 Å². The number of nitrogens with zero attached hydrogens (tertiary/aromatic N) is 2. The minimum Gasteiger partial charge on any atom is -0.493 e. The van der Waals surface area contributed by atoms with Gasteiger partial charge in [0, 0.05) is 6.92 Å². The summed E-state index contributed by atoms with van der Waals surface area (Å²) >= 11 is 0. The van der Waals surface area contributed by atoms with Gasteiger partial charge in [-0.2, -0.15) is 5.10 Å². The van der Waals surface area contributed by atoms with Gasteiger partial charge in [-0.3, -0.25) is 4.79 Å². The molecule has 0 aliphatic rings. The number of carbonyl (C=O) groups is 1. The fraction of sp³-hybridized carbons (Fsp3) is 0.231. The summed E-state index contributed by atoms with van der Waals surface area (Å²) in [5.41, 5.74) is 1.92. The minimum absolute atomic E-state index is 0.0000463. The van der Waals surface area contributed by atoms with E-state index in [2.05, 4.69) is 5.10 Å². The van der Waals surface area contributed by atoms with E-state index < -0.39 is 0 Å². The van der Waals surface area contributed by atoms with Crippen LogP contribution < -0.4 is 0 Å². The summed E-state index contributed by atoms with van der Waals surface area (Å²) in [5.74, 6) is -0.388. The van der Waals surface area contributed by atoms with E-state index in [1.165, 1.54) is 11.6 Å². The molecule has 1 aromatic heterocycles. The summed E-state index contributed by atoms with van der Waals surface area (Å²) < 4.78 is 6.31. The van der Waals surface area contributed by atoms with Crippen LogP contribution in [0.25, 0.3) is 5.69 Å². The quantitative estimate of drug-likeness (QED) is 0.841. The topological polar surface area (TPSA) is 64.3 Å². The Morgan fingerprint density at radius 2 is 2.06 bits per heavy atom. The normalized spacial score (nSPS) is 10.3. The van der Waals surface area contributed by atoms with Crippen molar-refractivity contribution in [3.63, 3.8) is 0 Å². The zero-order chi connectivity index (χ0) is 13.1. The van der Waals surface area contributed by atoms with E-state index in [1.54, 1.807) is 6.92 Å². The Labute approximate surface area is 105 Å². The molecule has 2 rings (SSSR count). The number of carbonyl (C=O) groups excluding carboxylic acids is 1. The third kappa shape index (κ3) is 2.34. The van der Waals surface area contributed by atoms with E-state index in [4.69, 9.17) is 4.74 Å². The van der Waals surface area contributed by atoms with Crippen molar-refractivity contribution in [3.8, 4) is 11.6 Å². The summed E-state index contributed by atoms with van der Waals surface area (Å²) in [7, 11) is 0. The predicted octanol–water partition coefficient (Wildman–Crippen LogP) is 1.95. The molecule has 0 unspecified atom stereocenters. The number of benzene rings is 1. The number of rotatable bonds is 3. The smallest absolute Gasteiger partial charge is 0.302 e. The molecule has 0 saturated carbocycles. The number of aromatic nitrogens is 2. The molecule has 18 heavy (non-hydrogen) atoms. The van der Waals surface area contributed by atoms with Crippen molar-refractivity contribution < 1.29 is 14.6 Å². The first-order valence-electron chi connectivity index (χ1n) is 5.56. The van der Waals surface area contributed by atoms with Gasteiger partial charge >= 0.3 is 5.97 Å². The number of aryl methyl sites for hydroxylation is 1. The SMILES string of the molecule is CC(=O)OCc1c(C)nn(-c2ccccc2)c1O. The van der Waals surface area contributed by atoms with Crippen LogP contribution in [0, 0.1) is 6.92 Å². The number of hydrogen-bond donors (Lipinski definition) is 1. The Morgan fingerprint density at radius 3 is 2.67 bits per heavy atom. The summed E-state index contributed by atoms with van der Waals surface area (Å²) in [5, 5.41) is 14.3. The average Bonchev–Trinajstić information content (AvgIpc) is 2.63. The lowest BCUT2D eigenvalue weighted by Gasteiger charge is -2.03. The van der Waals surface area contributed by atoms with Crippen LogP contribution in [0.15, 0.2) is 30.3 Å². The third-order valence-corrected chi connectivity index (χ3v) is 2.58. The van der Waals surface area contributed by atoms with Crippen LogP contribution in [0.4, 0.5) is 0 Å². The monoisotopic (exact) mass is 246 g/mol. The second-order valence-electron chi connectivity index (χ2n) is 3.92. The van der Waals surface area contributed by atoms with Crippen LogP contribution in [-0.2, 0) is 16.1 Å². The standard InChI is InChI=1S/C13H14N2O3/c1-9-12(8-18-10(2)16)13(17)15(14-9)11-6-4-3-5-7-11/h3-7,17H,8H2,1-2H3. The van der Waals surface area contributed by atoms with Crippen molar-refractivity contribution in [1.29, 1.82) is 0 Å². The summed E-state index contributed by atoms with van der Waals surface area (Å²) in [4.78, 5) is 10.8. The molecule has 0 amide bonds. The first kappa shape index (κ1) is 12.2. The second-order valence-corrected chi connectivity index (χ2v) is 3.92. The number of aromatic hydroxyl groups is 1. The highest BCUT2D eigenvalue weighted by Gasteiger charge is 2.16. The third-order valence-electron chi connectivity index (χ3n) is 2.58. The highest BCUT2D eigenvalue weighted by atomic mass is 16.5. The van der Waals surface area contributed by atoms with Crippen molar-refractivity contribution in [3.05, 3.63) is 41.6 Å². The van der Waals surface area contributed by atoms with Gasteiger partial charge in [0.15, 0.2) is 0 Å². The van der Waals surface area contributed by atoms with Gasteiger partial charge in [-0.15, -0.1) is 0 Å². The van der Waals surface area contributed by atoms with Crippen LogP contribution in [-0.4, -0.2) is 20.9 Å². The fourth-order valence-corrected chi connectivity index (χ4v) is 1.64. The Bertz CT molecular complexity index is 561. The molecule has 0 radical (unpaired) electrons. The van der Waals surface area contributed by atoms with Crippen LogP contribution >= 0.6 is 0 Å². The van der Waals surface area contributed by atoms with Gasteiger partial charge in [0.2, 0.25) is 5.88 Å². The Hall–Kier alpha value is -2.30. The van der Waals surface area contributed by atoms with E-state index >= 15 is 0 Å². The number of hydrogen-bond acceptors (Lipinski definition) is 4. The van der Waals surface area contributed by atoms with Gasteiger partial charge in [0.05, 0.1) is 16.9 Å². The van der Waals surface area contributed by atoms with E-state index in [0.717, 1.165) is 5.69 Å². The lowest BCUT2D eigenvalue weighted by Crippen LogP contribution is -1.99. The number of esters is 1. The van der Waals surface area contributed by atoms with Crippen molar-refractivity contribution in [2.45, 2.75) is 20.5 Å². The van der Waals surface area contributed by atoms with E-state index in [9.17, 15) is 9.90 Å². The van der Waals surface area contributed by atoms with E-state index in [1.807, 2.05) is 30.3 Å². The van der Waals surface area contributed by atoms with Crippen molar-refractivity contribution in [2.24, 2.45) is 0 Å². The fourth-order valence-electron chi connectivity index (χ4n) is 1.64. The molecule has 1 aromatic carbocycles. The molecule has 0 aliphatic carbocycles. The maximum Gasteiger partial charge on any atom is 0.302 e. The molecule has 5 nitrogen and oxygen atoms in total. The molecule has 5 heteroatoms. The highest BCUT2D eigenvalue weighted by molar-refractivity contribution is 5.66. The summed E-state index contributed by atoms with van der Waals surface area (Å²) in [6.07, 6.45) is 0. The number of para-hydroxylation sites is 1. The number of ether oxygens (including phenoxy) is 1. The molecular formula is C13H14N2O3. The lowest BCUT2D eigenvalue weighted by atomic mass is 10.2. The Balaban J connectivity index is 2.35. The lowest BCUT2D eigenvalue weighted by molar-refractivity contribution is -0.142. The van der Waals surface area contributed by atoms with Crippen molar-refractivity contribution >= 4 is 5.97 Å². The van der Waals surface area contributed by atoms with E-state index in [0.29, 0.717) is 11.3 Å². The van der Waals surface area contributed by atoms with Crippen LogP contribution in [0.1, 0.15) is 18.2 Å². The maximum absolute atomic E-state index is 10.8. The van der Waals surface area contributed by atoms with E-state index in [-0.39, 0.29) is 18.5 Å². The zero-order valence-corrected chi connectivity index (χ0v) is 10.3. The maximum atomic E-state index is 10.8. The molecule has 94 valence electrons. The molecule has 0 saturated heterocycles. The molecule has 2 aromatic rings. The molecule has 0 atom stereocenters. The first-order valence-corrected chi connectivity index (χ1v) is 5.56.